The number of carboxylic acid groups (broad SMARTS) is 2. The number of rotatable bonds is 4. The number of hydrogen-bond acceptors (Lipinski definition) is 3. The topological polar surface area (TPSA) is 94.9 Å². The first-order valence-electron chi connectivity index (χ1n) is 9.40. The smallest absolute Gasteiger partial charge is 0.336 e. The van der Waals surface area contributed by atoms with E-state index < -0.39 is 30.4 Å². The van der Waals surface area contributed by atoms with Crippen LogP contribution in [0.15, 0.2) is 12.1 Å². The minimum absolute atomic E-state index is 0.0443. The zero-order valence-corrected chi connectivity index (χ0v) is 16.3. The fourth-order valence-corrected chi connectivity index (χ4v) is 5.24. The predicted octanol–water partition coefficient (Wildman–Crippen LogP) is 3.84. The summed E-state index contributed by atoms with van der Waals surface area (Å²) in [5, 5.41) is 18.8. The lowest BCUT2D eigenvalue weighted by molar-refractivity contribution is -0.138. The molecule has 0 spiro atoms. The Kier molecular flexibility index (Phi) is 4.57. The van der Waals surface area contributed by atoms with Crippen LogP contribution < -0.4 is 0 Å². The van der Waals surface area contributed by atoms with Gasteiger partial charge < -0.3 is 15.1 Å². The van der Waals surface area contributed by atoms with Crippen molar-refractivity contribution in [3.05, 3.63) is 34.4 Å². The molecule has 1 aromatic rings. The molecule has 1 aliphatic heterocycles. The molecule has 1 aliphatic carbocycles. The number of carbonyl (C=O) groups excluding carboxylic acids is 1. The van der Waals surface area contributed by atoms with Gasteiger partial charge in [-0.1, -0.05) is 33.3 Å². The summed E-state index contributed by atoms with van der Waals surface area (Å²) >= 11 is 0. The first-order chi connectivity index (χ1) is 12.5. The molecule has 6 nitrogen and oxygen atoms in total. The summed E-state index contributed by atoms with van der Waals surface area (Å²) in [5.74, 6) is -2.77. The van der Waals surface area contributed by atoms with Crippen LogP contribution in [0.3, 0.4) is 0 Å². The molecule has 1 aromatic carbocycles. The van der Waals surface area contributed by atoms with E-state index >= 15 is 0 Å². The third kappa shape index (κ3) is 3.22. The fraction of sp³-hybridized carbons (Fsp3) is 0.571. The van der Waals surface area contributed by atoms with Crippen LogP contribution in [0.1, 0.15) is 91.3 Å². The zero-order valence-electron chi connectivity index (χ0n) is 16.3. The van der Waals surface area contributed by atoms with Crippen LogP contribution in [-0.4, -0.2) is 39.5 Å². The van der Waals surface area contributed by atoms with E-state index in [1.54, 1.807) is 6.92 Å². The zero-order chi connectivity index (χ0) is 20.1. The highest BCUT2D eigenvalue weighted by Gasteiger charge is 2.45. The molecule has 0 saturated heterocycles. The summed E-state index contributed by atoms with van der Waals surface area (Å²) in [6.45, 7) is 8.01. The van der Waals surface area contributed by atoms with Gasteiger partial charge in [-0.05, 0) is 54.2 Å². The lowest BCUT2D eigenvalue weighted by Gasteiger charge is -2.44. The minimum atomic E-state index is -1.16. The van der Waals surface area contributed by atoms with E-state index in [0.29, 0.717) is 5.56 Å². The van der Waals surface area contributed by atoms with Crippen molar-refractivity contribution in [2.24, 2.45) is 5.41 Å². The Morgan fingerprint density at radius 1 is 1.19 bits per heavy atom. The standard InChI is InChI=1S/C21H27NO5/c1-12-16-14(21(4)9-5-8-20(2,3)11-21)7-6-13(19(26)27)17(16)18(25)22(12)10-15(23)24/h6-7,12H,5,8-11H2,1-4H3,(H,23,24)(H,26,27)/t12-,21-/m0/s1. The number of carboxylic acids is 2. The van der Waals surface area contributed by atoms with E-state index in [-0.39, 0.29) is 22.0 Å². The molecule has 2 atom stereocenters. The normalized spacial score (nSPS) is 26.7. The predicted molar refractivity (Wildman–Crippen MR) is 100 cm³/mol. The highest BCUT2D eigenvalue weighted by atomic mass is 16.4. The average molecular weight is 373 g/mol. The highest BCUT2D eigenvalue weighted by molar-refractivity contribution is 6.09. The number of carbonyl (C=O) groups is 3. The molecular formula is C21H27NO5. The van der Waals surface area contributed by atoms with E-state index in [1.165, 1.54) is 11.0 Å². The molecule has 0 aromatic heterocycles. The second kappa shape index (κ2) is 6.36. The van der Waals surface area contributed by atoms with E-state index in [4.69, 9.17) is 0 Å². The third-order valence-electron chi connectivity index (χ3n) is 6.24. The SMILES string of the molecule is C[C@H]1c2c([C@@]3(C)CCCC(C)(C)C3)ccc(C(=O)O)c2C(=O)N1CC(=O)O. The highest BCUT2D eigenvalue weighted by Crippen LogP contribution is 2.51. The maximum absolute atomic E-state index is 12.9. The Morgan fingerprint density at radius 3 is 2.41 bits per heavy atom. The first-order valence-corrected chi connectivity index (χ1v) is 9.40. The molecule has 27 heavy (non-hydrogen) atoms. The Labute approximate surface area is 159 Å². The summed E-state index contributed by atoms with van der Waals surface area (Å²) in [7, 11) is 0. The van der Waals surface area contributed by atoms with E-state index in [2.05, 4.69) is 20.8 Å². The van der Waals surface area contributed by atoms with Crippen LogP contribution in [0.25, 0.3) is 0 Å². The monoisotopic (exact) mass is 373 g/mol. The van der Waals surface area contributed by atoms with Gasteiger partial charge in [0, 0.05) is 0 Å². The van der Waals surface area contributed by atoms with Crippen molar-refractivity contribution in [3.63, 3.8) is 0 Å². The van der Waals surface area contributed by atoms with Crippen LogP contribution in [-0.2, 0) is 10.2 Å². The summed E-state index contributed by atoms with van der Waals surface area (Å²) in [4.78, 5) is 37.2. The number of aromatic carboxylic acids is 1. The van der Waals surface area contributed by atoms with E-state index in [9.17, 15) is 24.6 Å². The average Bonchev–Trinajstić information content (AvgIpc) is 2.78. The maximum Gasteiger partial charge on any atom is 0.336 e. The number of amides is 1. The van der Waals surface area contributed by atoms with E-state index in [1.807, 2.05) is 6.07 Å². The molecule has 6 heteroatoms. The Balaban J connectivity index is 2.19. The van der Waals surface area contributed by atoms with Gasteiger partial charge in [-0.2, -0.15) is 0 Å². The van der Waals surface area contributed by atoms with Gasteiger partial charge in [0.15, 0.2) is 0 Å². The van der Waals surface area contributed by atoms with Gasteiger partial charge in [0.25, 0.3) is 5.91 Å². The third-order valence-corrected chi connectivity index (χ3v) is 6.24. The van der Waals surface area contributed by atoms with Crippen LogP contribution in [0.5, 0.6) is 0 Å². The summed E-state index contributed by atoms with van der Waals surface area (Å²) in [6, 6.07) is 2.90. The summed E-state index contributed by atoms with van der Waals surface area (Å²) in [5.41, 5.74) is 1.80. The molecule has 1 amide bonds. The Morgan fingerprint density at radius 2 is 1.85 bits per heavy atom. The molecule has 0 unspecified atom stereocenters. The second-order valence-corrected chi connectivity index (χ2v) is 9.01. The lowest BCUT2D eigenvalue weighted by atomic mass is 9.60. The van der Waals surface area contributed by atoms with Gasteiger partial charge in [-0.15, -0.1) is 0 Å². The van der Waals surface area contributed by atoms with Crippen molar-refractivity contribution >= 4 is 17.8 Å². The van der Waals surface area contributed by atoms with Crippen LogP contribution in [0.2, 0.25) is 0 Å². The largest absolute Gasteiger partial charge is 0.480 e. The second-order valence-electron chi connectivity index (χ2n) is 9.01. The Bertz CT molecular complexity index is 828. The van der Waals surface area contributed by atoms with Crippen molar-refractivity contribution in [3.8, 4) is 0 Å². The van der Waals surface area contributed by atoms with Gasteiger partial charge in [0.05, 0.1) is 17.2 Å². The number of hydrogen-bond donors (Lipinski definition) is 2. The summed E-state index contributed by atoms with van der Waals surface area (Å²) < 4.78 is 0. The molecule has 146 valence electrons. The molecule has 1 saturated carbocycles. The molecule has 1 fully saturated rings. The van der Waals surface area contributed by atoms with Gasteiger partial charge in [0.1, 0.15) is 6.54 Å². The molecule has 3 rings (SSSR count). The van der Waals surface area contributed by atoms with E-state index in [0.717, 1.165) is 31.2 Å². The van der Waals surface area contributed by atoms with Crippen molar-refractivity contribution in [2.75, 3.05) is 6.54 Å². The molecule has 2 aliphatic rings. The van der Waals surface area contributed by atoms with Crippen LogP contribution in [0, 0.1) is 5.41 Å². The van der Waals surface area contributed by atoms with Crippen molar-refractivity contribution in [1.29, 1.82) is 0 Å². The number of fused-ring (bicyclic) bond motifs is 1. The molecule has 0 bridgehead atoms. The lowest BCUT2D eigenvalue weighted by Crippen LogP contribution is -2.36. The summed E-state index contributed by atoms with van der Waals surface area (Å²) in [6.07, 6.45) is 4.12. The van der Waals surface area contributed by atoms with Crippen molar-refractivity contribution in [1.82, 2.24) is 4.90 Å². The van der Waals surface area contributed by atoms with Gasteiger partial charge in [-0.25, -0.2) is 4.79 Å². The molecule has 0 radical (unpaired) electrons. The Hall–Kier alpha value is -2.37. The van der Waals surface area contributed by atoms with Gasteiger partial charge in [-0.3, -0.25) is 9.59 Å². The van der Waals surface area contributed by atoms with Crippen molar-refractivity contribution in [2.45, 2.75) is 64.8 Å². The fourth-order valence-electron chi connectivity index (χ4n) is 5.24. The quantitative estimate of drug-likeness (QED) is 0.836. The van der Waals surface area contributed by atoms with Crippen LogP contribution >= 0.6 is 0 Å². The van der Waals surface area contributed by atoms with Gasteiger partial charge in [0.2, 0.25) is 0 Å². The molecular weight excluding hydrogens is 346 g/mol. The number of aliphatic carboxylic acids is 1. The molecule has 1 heterocycles. The van der Waals surface area contributed by atoms with Crippen LogP contribution in [0.4, 0.5) is 0 Å². The first kappa shape index (κ1) is 19.4. The number of benzene rings is 1. The molecule has 2 N–H and O–H groups in total. The van der Waals surface area contributed by atoms with Gasteiger partial charge >= 0.3 is 11.9 Å². The maximum atomic E-state index is 12.9. The number of nitrogens with zero attached hydrogens (tertiary/aromatic N) is 1. The minimum Gasteiger partial charge on any atom is -0.480 e. The van der Waals surface area contributed by atoms with Crippen molar-refractivity contribution < 1.29 is 24.6 Å².